The number of nitrogens with one attached hydrogen (secondary N) is 3. The smallest absolute Gasteiger partial charge is 0.245 e. The van der Waals surface area contributed by atoms with E-state index in [9.17, 15) is 19.5 Å². The van der Waals surface area contributed by atoms with Gasteiger partial charge >= 0.3 is 0 Å². The molecule has 4 atom stereocenters. The van der Waals surface area contributed by atoms with E-state index in [2.05, 4.69) is 16.0 Å². The van der Waals surface area contributed by atoms with E-state index < -0.39 is 30.2 Å². The molecule has 1 saturated heterocycles. The molecule has 3 rings (SSSR count). The number of aliphatic hydroxyl groups excluding tert-OH is 1. The molecule has 0 spiro atoms. The fraction of sp³-hybridized carbons (Fsp3) is 0.559. The summed E-state index contributed by atoms with van der Waals surface area (Å²) in [5, 5.41) is 19.9. The molecule has 0 unspecified atom stereocenters. The number of hydrogen-bond donors (Lipinski definition) is 4. The lowest BCUT2D eigenvalue weighted by molar-refractivity contribution is -0.134. The van der Waals surface area contributed by atoms with Gasteiger partial charge in [0.25, 0.3) is 0 Å². The minimum atomic E-state index is -1.13. The molecule has 2 aromatic rings. The molecule has 230 valence electrons. The van der Waals surface area contributed by atoms with Gasteiger partial charge in [-0.25, -0.2) is 0 Å². The van der Waals surface area contributed by atoms with E-state index in [4.69, 9.17) is 4.74 Å². The summed E-state index contributed by atoms with van der Waals surface area (Å²) in [4.78, 5) is 39.2. The van der Waals surface area contributed by atoms with Gasteiger partial charge in [-0.2, -0.15) is 0 Å². The molecular formula is C34H49N3O5. The Morgan fingerprint density at radius 2 is 1.33 bits per heavy atom. The number of hydrogen-bond acceptors (Lipinski definition) is 5. The lowest BCUT2D eigenvalue weighted by Crippen LogP contribution is -2.54. The Morgan fingerprint density at radius 3 is 1.98 bits per heavy atom. The average molecular weight is 580 g/mol. The summed E-state index contributed by atoms with van der Waals surface area (Å²) in [6, 6.07) is 17.7. The predicted octanol–water partition coefficient (Wildman–Crippen LogP) is 4.59. The van der Waals surface area contributed by atoms with Crippen LogP contribution in [0, 0.1) is 0 Å². The first kappa shape index (κ1) is 33.3. The van der Waals surface area contributed by atoms with Crippen LogP contribution in [-0.2, 0) is 32.1 Å². The monoisotopic (exact) mass is 579 g/mol. The highest BCUT2D eigenvalue weighted by Crippen LogP contribution is 2.14. The second-order valence-electron chi connectivity index (χ2n) is 11.4. The zero-order chi connectivity index (χ0) is 30.0. The molecule has 0 saturated carbocycles. The van der Waals surface area contributed by atoms with Crippen molar-refractivity contribution in [1.82, 2.24) is 16.0 Å². The van der Waals surface area contributed by atoms with Crippen LogP contribution in [0.4, 0.5) is 0 Å². The maximum Gasteiger partial charge on any atom is 0.245 e. The van der Waals surface area contributed by atoms with Crippen molar-refractivity contribution in [2.75, 3.05) is 6.54 Å². The summed E-state index contributed by atoms with van der Waals surface area (Å²) in [5.41, 5.74) is 1.92. The third-order valence-corrected chi connectivity index (χ3v) is 7.81. The summed E-state index contributed by atoms with van der Waals surface area (Å²) in [7, 11) is 0. The molecule has 8 nitrogen and oxygen atoms in total. The fourth-order valence-corrected chi connectivity index (χ4v) is 5.26. The molecule has 0 aromatic heterocycles. The lowest BCUT2D eigenvalue weighted by Gasteiger charge is -2.27. The number of benzene rings is 2. The Morgan fingerprint density at radius 1 is 0.762 bits per heavy atom. The number of ether oxygens (including phenoxy) is 1. The maximum atomic E-state index is 13.2. The molecule has 1 aliphatic rings. The Kier molecular flexibility index (Phi) is 15.1. The van der Waals surface area contributed by atoms with Gasteiger partial charge in [0.15, 0.2) is 0 Å². The van der Waals surface area contributed by atoms with Crippen molar-refractivity contribution in [3.05, 3.63) is 71.8 Å². The molecule has 2 aromatic carbocycles. The zero-order valence-corrected chi connectivity index (χ0v) is 25.1. The third kappa shape index (κ3) is 12.7. The maximum absolute atomic E-state index is 13.2. The van der Waals surface area contributed by atoms with E-state index in [0.29, 0.717) is 26.0 Å². The molecule has 0 bridgehead atoms. The second-order valence-corrected chi connectivity index (χ2v) is 11.4. The van der Waals surface area contributed by atoms with Gasteiger partial charge in [-0.15, -0.1) is 0 Å². The van der Waals surface area contributed by atoms with Crippen LogP contribution in [0.2, 0.25) is 0 Å². The molecule has 1 aliphatic heterocycles. The van der Waals surface area contributed by atoms with Crippen LogP contribution in [-0.4, -0.2) is 53.7 Å². The van der Waals surface area contributed by atoms with Gasteiger partial charge in [0, 0.05) is 13.0 Å². The third-order valence-electron chi connectivity index (χ3n) is 7.81. The molecule has 1 fully saturated rings. The SMILES string of the molecule is C[C@@H](OCc1ccccc1)[C@@H]1NC(=O)C[C@H](O)[C@H](Cc2ccccc2)NC(=O)CCCCCCCCCCCNC1=O. The molecule has 8 heteroatoms. The zero-order valence-electron chi connectivity index (χ0n) is 25.1. The van der Waals surface area contributed by atoms with E-state index in [1.165, 1.54) is 6.42 Å². The molecule has 0 radical (unpaired) electrons. The largest absolute Gasteiger partial charge is 0.390 e. The molecular weight excluding hydrogens is 530 g/mol. The Labute approximate surface area is 251 Å². The van der Waals surface area contributed by atoms with Gasteiger partial charge < -0.3 is 25.8 Å². The minimum Gasteiger partial charge on any atom is -0.390 e. The number of amides is 3. The number of carbonyl (C=O) groups excluding carboxylic acids is 3. The van der Waals surface area contributed by atoms with Crippen molar-refractivity contribution >= 4 is 17.7 Å². The molecule has 4 N–H and O–H groups in total. The van der Waals surface area contributed by atoms with E-state index in [0.717, 1.165) is 62.5 Å². The van der Waals surface area contributed by atoms with Crippen molar-refractivity contribution < 1.29 is 24.2 Å². The van der Waals surface area contributed by atoms with Crippen LogP contribution in [0.5, 0.6) is 0 Å². The van der Waals surface area contributed by atoms with E-state index in [-0.39, 0.29) is 18.2 Å². The van der Waals surface area contributed by atoms with Crippen LogP contribution < -0.4 is 16.0 Å². The highest BCUT2D eigenvalue weighted by molar-refractivity contribution is 5.88. The van der Waals surface area contributed by atoms with Gasteiger partial charge in [0.05, 0.1) is 31.3 Å². The second kappa shape index (κ2) is 19.1. The predicted molar refractivity (Wildman–Crippen MR) is 165 cm³/mol. The summed E-state index contributed by atoms with van der Waals surface area (Å²) in [5.74, 6) is -0.907. The van der Waals surface area contributed by atoms with Crippen molar-refractivity contribution in [2.24, 2.45) is 0 Å². The Bertz CT molecular complexity index is 1070. The van der Waals surface area contributed by atoms with E-state index in [1.54, 1.807) is 6.92 Å². The first-order valence-corrected chi connectivity index (χ1v) is 15.7. The van der Waals surface area contributed by atoms with Crippen molar-refractivity contribution in [1.29, 1.82) is 0 Å². The molecule has 3 amide bonds. The number of carbonyl (C=O) groups is 3. The van der Waals surface area contributed by atoms with Crippen LogP contribution >= 0.6 is 0 Å². The lowest BCUT2D eigenvalue weighted by atomic mass is 9.98. The summed E-state index contributed by atoms with van der Waals surface area (Å²) in [6.07, 6.45) is 8.22. The van der Waals surface area contributed by atoms with Gasteiger partial charge in [-0.3, -0.25) is 14.4 Å². The standard InChI is InChI=1S/C34H49N3O5/c1-26(42-25-28-19-13-10-14-20-28)33-34(41)35-22-16-8-6-4-2-3-5-7-15-21-31(39)36-29(30(38)24-32(40)37-33)23-27-17-11-9-12-18-27/h9-14,17-20,26,29-30,33,38H,2-8,15-16,21-25H2,1H3,(H,35,41)(H,36,39)(H,37,40)/t26-,29+,30+,33+/m1/s1. The molecule has 1 heterocycles. The first-order chi connectivity index (χ1) is 20.4. The van der Waals surface area contributed by atoms with E-state index >= 15 is 0 Å². The number of aliphatic hydroxyl groups is 1. The van der Waals surface area contributed by atoms with Crippen LogP contribution in [0.25, 0.3) is 0 Å². The minimum absolute atomic E-state index is 0.124. The summed E-state index contributed by atoms with van der Waals surface area (Å²) < 4.78 is 6.01. The summed E-state index contributed by atoms with van der Waals surface area (Å²) in [6.45, 7) is 2.60. The quantitative estimate of drug-likeness (QED) is 0.400. The van der Waals surface area contributed by atoms with Crippen LogP contribution in [0.15, 0.2) is 60.7 Å². The summed E-state index contributed by atoms with van der Waals surface area (Å²) >= 11 is 0. The molecule has 0 aliphatic carbocycles. The van der Waals surface area contributed by atoms with E-state index in [1.807, 2.05) is 60.7 Å². The van der Waals surface area contributed by atoms with Gasteiger partial charge in [0.2, 0.25) is 17.7 Å². The highest BCUT2D eigenvalue weighted by atomic mass is 16.5. The van der Waals surface area contributed by atoms with Gasteiger partial charge in [-0.1, -0.05) is 106 Å². The Balaban J connectivity index is 1.71. The highest BCUT2D eigenvalue weighted by Gasteiger charge is 2.30. The van der Waals surface area contributed by atoms with Crippen LogP contribution in [0.1, 0.15) is 88.7 Å². The molecule has 42 heavy (non-hydrogen) atoms. The van der Waals surface area contributed by atoms with Crippen molar-refractivity contribution in [3.63, 3.8) is 0 Å². The van der Waals surface area contributed by atoms with Gasteiger partial charge in [-0.05, 0) is 37.3 Å². The van der Waals surface area contributed by atoms with Crippen LogP contribution in [0.3, 0.4) is 0 Å². The van der Waals surface area contributed by atoms with Gasteiger partial charge in [0.1, 0.15) is 6.04 Å². The first-order valence-electron chi connectivity index (χ1n) is 15.7. The number of rotatable bonds is 6. The fourth-order valence-electron chi connectivity index (χ4n) is 5.26. The Hall–Kier alpha value is -3.23. The normalized spacial score (nSPS) is 23.5. The average Bonchev–Trinajstić information content (AvgIpc) is 2.99. The topological polar surface area (TPSA) is 117 Å². The van der Waals surface area contributed by atoms with Crippen molar-refractivity contribution in [3.8, 4) is 0 Å². The van der Waals surface area contributed by atoms with Crippen molar-refractivity contribution in [2.45, 2.75) is 115 Å².